The molecule has 0 amide bonds. The summed E-state index contributed by atoms with van der Waals surface area (Å²) in [5.41, 5.74) is -0.693. The van der Waals surface area contributed by atoms with Crippen LogP contribution in [0.1, 0.15) is 18.4 Å². The lowest BCUT2D eigenvalue weighted by Gasteiger charge is -2.47. The Labute approximate surface area is 109 Å². The Morgan fingerprint density at radius 1 is 1.58 bits per heavy atom. The molecule has 0 radical (unpaired) electrons. The van der Waals surface area contributed by atoms with Crippen LogP contribution < -0.4 is 4.90 Å². The van der Waals surface area contributed by atoms with Gasteiger partial charge in [-0.2, -0.15) is 5.26 Å². The number of aliphatic hydroxyl groups is 1. The molecule has 1 aromatic heterocycles. The van der Waals surface area contributed by atoms with Gasteiger partial charge in [0, 0.05) is 6.07 Å². The van der Waals surface area contributed by atoms with E-state index in [1.54, 1.807) is 4.90 Å². The molecule has 1 saturated carbocycles. The van der Waals surface area contributed by atoms with Gasteiger partial charge in [0.05, 0.1) is 18.0 Å². The highest BCUT2D eigenvalue weighted by Crippen LogP contribution is 2.45. The molecule has 0 unspecified atom stereocenters. The molecule has 98 valence electrons. The summed E-state index contributed by atoms with van der Waals surface area (Å²) < 4.78 is 0. The van der Waals surface area contributed by atoms with E-state index in [-0.39, 0.29) is 11.3 Å². The zero-order valence-electron chi connectivity index (χ0n) is 10.1. The van der Waals surface area contributed by atoms with Crippen molar-refractivity contribution in [2.75, 3.05) is 18.0 Å². The van der Waals surface area contributed by atoms with Crippen LogP contribution in [0.15, 0.2) is 12.3 Å². The summed E-state index contributed by atoms with van der Waals surface area (Å²) in [4.78, 5) is 15.8. The van der Waals surface area contributed by atoms with Crippen LogP contribution >= 0.6 is 0 Å². The Balaban J connectivity index is 1.82. The summed E-state index contributed by atoms with van der Waals surface area (Å²) >= 11 is 0. The van der Waals surface area contributed by atoms with E-state index in [2.05, 4.69) is 4.98 Å². The SMILES string of the molecule is N#Cc1cc([N+](=O)[O-])cnc1N1CC(O)(C2CC2)C1. The summed E-state index contributed by atoms with van der Waals surface area (Å²) in [5, 5.41) is 29.9. The quantitative estimate of drug-likeness (QED) is 0.637. The van der Waals surface area contributed by atoms with Gasteiger partial charge in [-0.1, -0.05) is 0 Å². The molecule has 19 heavy (non-hydrogen) atoms. The lowest BCUT2D eigenvalue weighted by Crippen LogP contribution is -2.63. The number of rotatable bonds is 3. The van der Waals surface area contributed by atoms with Crippen LogP contribution in [-0.2, 0) is 0 Å². The zero-order chi connectivity index (χ0) is 13.6. The number of nitrogens with zero attached hydrogens (tertiary/aromatic N) is 4. The lowest BCUT2D eigenvalue weighted by molar-refractivity contribution is -0.385. The molecule has 1 aliphatic heterocycles. The van der Waals surface area contributed by atoms with Gasteiger partial charge in [0.25, 0.3) is 5.69 Å². The number of hydrogen-bond donors (Lipinski definition) is 1. The van der Waals surface area contributed by atoms with Crippen molar-refractivity contribution in [3.8, 4) is 6.07 Å². The van der Waals surface area contributed by atoms with E-state index < -0.39 is 10.5 Å². The molecule has 1 aromatic rings. The standard InChI is InChI=1S/C12H12N4O3/c13-4-8-3-10(16(18)19)5-14-11(8)15-6-12(17,7-15)9-1-2-9/h3,5,9,17H,1-2,6-7H2. The second-order valence-corrected chi connectivity index (χ2v) is 5.17. The van der Waals surface area contributed by atoms with Crippen LogP contribution in [0.5, 0.6) is 0 Å². The third-order valence-corrected chi connectivity index (χ3v) is 3.75. The average molecular weight is 260 g/mol. The molecular weight excluding hydrogens is 248 g/mol. The fourth-order valence-electron chi connectivity index (χ4n) is 2.52. The fraction of sp³-hybridized carbons (Fsp3) is 0.500. The monoisotopic (exact) mass is 260 g/mol. The number of nitro groups is 1. The van der Waals surface area contributed by atoms with Gasteiger partial charge in [-0.15, -0.1) is 0 Å². The van der Waals surface area contributed by atoms with Gasteiger partial charge in [-0.3, -0.25) is 10.1 Å². The van der Waals surface area contributed by atoms with Crippen molar-refractivity contribution in [1.82, 2.24) is 4.98 Å². The van der Waals surface area contributed by atoms with Gasteiger partial charge in [0.2, 0.25) is 0 Å². The molecule has 7 heteroatoms. The van der Waals surface area contributed by atoms with Crippen molar-refractivity contribution >= 4 is 11.5 Å². The normalized spacial score (nSPS) is 20.5. The molecule has 7 nitrogen and oxygen atoms in total. The number of hydrogen-bond acceptors (Lipinski definition) is 6. The Morgan fingerprint density at radius 3 is 2.79 bits per heavy atom. The molecule has 1 saturated heterocycles. The Morgan fingerprint density at radius 2 is 2.26 bits per heavy atom. The van der Waals surface area contributed by atoms with E-state index in [0.717, 1.165) is 19.0 Å². The number of aromatic nitrogens is 1. The van der Waals surface area contributed by atoms with Crippen LogP contribution in [0.4, 0.5) is 11.5 Å². The lowest BCUT2D eigenvalue weighted by atomic mass is 9.88. The highest BCUT2D eigenvalue weighted by molar-refractivity contribution is 5.59. The van der Waals surface area contributed by atoms with Crippen LogP contribution in [0.2, 0.25) is 0 Å². The molecule has 2 heterocycles. The minimum absolute atomic E-state index is 0.173. The second-order valence-electron chi connectivity index (χ2n) is 5.17. The topological polar surface area (TPSA) is 103 Å². The Kier molecular flexibility index (Phi) is 2.43. The average Bonchev–Trinajstić information content (AvgIpc) is 3.18. The van der Waals surface area contributed by atoms with E-state index >= 15 is 0 Å². The molecule has 2 fully saturated rings. The smallest absolute Gasteiger partial charge is 0.289 e. The summed E-state index contributed by atoms with van der Waals surface area (Å²) in [6.45, 7) is 0.883. The molecule has 0 aromatic carbocycles. The predicted octanol–water partition coefficient (Wildman–Crippen LogP) is 0.823. The summed E-state index contributed by atoms with van der Waals surface area (Å²) in [7, 11) is 0. The fourth-order valence-corrected chi connectivity index (χ4v) is 2.52. The first-order valence-electron chi connectivity index (χ1n) is 6.05. The van der Waals surface area contributed by atoms with Crippen LogP contribution in [0.3, 0.4) is 0 Å². The second kappa shape index (κ2) is 3.90. The van der Waals surface area contributed by atoms with Gasteiger partial charge in [-0.25, -0.2) is 4.98 Å². The van der Waals surface area contributed by atoms with Crippen molar-refractivity contribution in [2.24, 2.45) is 5.92 Å². The largest absolute Gasteiger partial charge is 0.386 e. The minimum Gasteiger partial charge on any atom is -0.386 e. The van der Waals surface area contributed by atoms with Crippen LogP contribution in [0.25, 0.3) is 0 Å². The van der Waals surface area contributed by atoms with Gasteiger partial charge in [0.15, 0.2) is 0 Å². The van der Waals surface area contributed by atoms with Crippen molar-refractivity contribution in [3.05, 3.63) is 27.9 Å². The first-order valence-corrected chi connectivity index (χ1v) is 6.05. The Bertz CT molecular complexity index is 585. The number of β-amino-alcohol motifs (C(OH)–C–C–N with tert-alkyl or cyclic N) is 1. The van der Waals surface area contributed by atoms with Gasteiger partial charge >= 0.3 is 0 Å². The van der Waals surface area contributed by atoms with Crippen molar-refractivity contribution in [1.29, 1.82) is 5.26 Å². The third-order valence-electron chi connectivity index (χ3n) is 3.75. The first-order chi connectivity index (χ1) is 9.03. The maximum atomic E-state index is 10.6. The maximum absolute atomic E-state index is 10.6. The minimum atomic E-state index is -0.670. The maximum Gasteiger partial charge on any atom is 0.289 e. The van der Waals surface area contributed by atoms with Gasteiger partial charge in [-0.05, 0) is 18.8 Å². The molecular formula is C12H12N4O3. The molecule has 3 rings (SSSR count). The molecule has 1 N–H and O–H groups in total. The van der Waals surface area contributed by atoms with E-state index in [0.29, 0.717) is 24.8 Å². The van der Waals surface area contributed by atoms with Gasteiger partial charge in [0.1, 0.15) is 29.2 Å². The van der Waals surface area contributed by atoms with Crippen LogP contribution in [0, 0.1) is 27.4 Å². The molecule has 0 atom stereocenters. The van der Waals surface area contributed by atoms with Crippen molar-refractivity contribution in [3.63, 3.8) is 0 Å². The summed E-state index contributed by atoms with van der Waals surface area (Å²) in [5.74, 6) is 0.769. The molecule has 2 aliphatic rings. The van der Waals surface area contributed by atoms with E-state index in [1.165, 1.54) is 6.07 Å². The van der Waals surface area contributed by atoms with Crippen LogP contribution in [-0.4, -0.2) is 33.7 Å². The summed E-state index contributed by atoms with van der Waals surface area (Å²) in [6, 6.07) is 3.14. The highest BCUT2D eigenvalue weighted by Gasteiger charge is 2.52. The van der Waals surface area contributed by atoms with Crippen molar-refractivity contribution < 1.29 is 10.0 Å². The first kappa shape index (κ1) is 11.9. The predicted molar refractivity (Wildman–Crippen MR) is 65.5 cm³/mol. The molecule has 0 bridgehead atoms. The molecule has 0 spiro atoms. The third kappa shape index (κ3) is 1.90. The van der Waals surface area contributed by atoms with Crippen molar-refractivity contribution in [2.45, 2.75) is 18.4 Å². The zero-order valence-corrected chi connectivity index (χ0v) is 10.1. The number of nitriles is 1. The number of pyridine rings is 1. The van der Waals surface area contributed by atoms with E-state index in [9.17, 15) is 15.2 Å². The van der Waals surface area contributed by atoms with E-state index in [4.69, 9.17) is 5.26 Å². The highest BCUT2D eigenvalue weighted by atomic mass is 16.6. The molecule has 1 aliphatic carbocycles. The summed E-state index contributed by atoms with van der Waals surface area (Å²) in [6.07, 6.45) is 3.23. The van der Waals surface area contributed by atoms with E-state index in [1.807, 2.05) is 6.07 Å². The number of anilines is 1. The van der Waals surface area contributed by atoms with Gasteiger partial charge < -0.3 is 10.0 Å². The Hall–Kier alpha value is -2.20.